The number of halogens is 1. The van der Waals surface area contributed by atoms with Crippen LogP contribution in [0, 0.1) is 0 Å². The van der Waals surface area contributed by atoms with E-state index in [-0.39, 0.29) is 17.3 Å². The summed E-state index contributed by atoms with van der Waals surface area (Å²) in [6.45, 7) is 1.76. The van der Waals surface area contributed by atoms with Crippen molar-refractivity contribution in [2.45, 2.75) is 17.6 Å². The average molecular weight is 499 g/mol. The third-order valence-electron chi connectivity index (χ3n) is 4.69. The zero-order valence-electron chi connectivity index (χ0n) is 18.1. The van der Waals surface area contributed by atoms with Gasteiger partial charge in [-0.1, -0.05) is 28.9 Å². The first kappa shape index (κ1) is 23.3. The number of hydrogen-bond donors (Lipinski definition) is 2. The van der Waals surface area contributed by atoms with Gasteiger partial charge in [0, 0.05) is 21.2 Å². The lowest BCUT2D eigenvalue weighted by molar-refractivity contribution is 0.0949. The van der Waals surface area contributed by atoms with E-state index in [2.05, 4.69) is 35.8 Å². The van der Waals surface area contributed by atoms with Crippen molar-refractivity contribution >= 4 is 40.8 Å². The number of para-hydroxylation sites is 1. The van der Waals surface area contributed by atoms with Gasteiger partial charge in [-0.05, 0) is 53.6 Å². The number of hydrogen-bond acceptors (Lipinski definition) is 10. The number of aromatic nitrogens is 5. The molecule has 0 unspecified atom stereocenters. The lowest BCUT2D eigenvalue weighted by atomic mass is 10.1. The Morgan fingerprint density at radius 3 is 2.71 bits per heavy atom. The summed E-state index contributed by atoms with van der Waals surface area (Å²) >= 11 is 7.42. The van der Waals surface area contributed by atoms with Crippen LogP contribution in [0.4, 0.5) is 5.82 Å². The minimum atomic E-state index is -0.553. The number of benzene rings is 2. The van der Waals surface area contributed by atoms with Crippen LogP contribution in [0.2, 0.25) is 5.02 Å². The summed E-state index contributed by atoms with van der Waals surface area (Å²) in [5.74, 6) is 0.547. The van der Waals surface area contributed by atoms with E-state index >= 15 is 0 Å². The van der Waals surface area contributed by atoms with Crippen LogP contribution in [0.5, 0.6) is 5.75 Å². The molecule has 4 rings (SSSR count). The minimum Gasteiger partial charge on any atom is -0.496 e. The van der Waals surface area contributed by atoms with Crippen LogP contribution >= 0.6 is 23.4 Å². The number of rotatable bonds is 8. The Bertz CT molecular complexity index is 1340. The standard InChI is InChI=1S/C21H19ClN8O3S/c1-12(15-5-3-4-6-17(15)32-2)24-26-21(31)18-16(11-34-14-9-7-13(22)8-10-14)30(29-25-18)20-19(23)27-33-28-20/h3-10H,11H2,1-2H3,(H2,23,27)(H,26,31). The predicted molar refractivity (Wildman–Crippen MR) is 127 cm³/mol. The normalized spacial score (nSPS) is 11.4. The molecule has 0 aliphatic rings. The molecule has 0 aliphatic heterocycles. The SMILES string of the molecule is COc1ccccc1C(C)=NNC(=O)c1nnn(-c2nonc2N)c1CSc1ccc(Cl)cc1. The third-order valence-corrected chi connectivity index (χ3v) is 5.96. The highest BCUT2D eigenvalue weighted by atomic mass is 35.5. The van der Waals surface area contributed by atoms with Gasteiger partial charge < -0.3 is 10.5 Å². The summed E-state index contributed by atoms with van der Waals surface area (Å²) in [4.78, 5) is 13.9. The fraction of sp³-hybridized carbons (Fsp3) is 0.143. The first-order valence-corrected chi connectivity index (χ1v) is 11.2. The van der Waals surface area contributed by atoms with Crippen LogP contribution < -0.4 is 15.9 Å². The number of nitrogen functional groups attached to an aromatic ring is 1. The van der Waals surface area contributed by atoms with E-state index in [9.17, 15) is 4.79 Å². The minimum absolute atomic E-state index is 0.0136. The Morgan fingerprint density at radius 2 is 2.00 bits per heavy atom. The molecule has 174 valence electrons. The Kier molecular flexibility index (Phi) is 7.09. The summed E-state index contributed by atoms with van der Waals surface area (Å²) in [5.41, 5.74) is 10.1. The molecule has 0 saturated carbocycles. The number of hydrazone groups is 1. The van der Waals surface area contributed by atoms with E-state index in [0.717, 1.165) is 10.5 Å². The highest BCUT2D eigenvalue weighted by molar-refractivity contribution is 7.98. The average Bonchev–Trinajstić information content (AvgIpc) is 3.47. The van der Waals surface area contributed by atoms with Gasteiger partial charge in [-0.15, -0.1) is 16.9 Å². The molecule has 0 fully saturated rings. The van der Waals surface area contributed by atoms with E-state index in [1.54, 1.807) is 26.2 Å². The number of carbonyl (C=O) groups is 1. The van der Waals surface area contributed by atoms with E-state index in [0.29, 0.717) is 27.9 Å². The Labute approximate surface area is 203 Å². The number of methoxy groups -OCH3 is 1. The lowest BCUT2D eigenvalue weighted by Crippen LogP contribution is -2.21. The van der Waals surface area contributed by atoms with Crippen molar-refractivity contribution in [1.29, 1.82) is 0 Å². The van der Waals surface area contributed by atoms with Crippen molar-refractivity contribution < 1.29 is 14.2 Å². The molecule has 2 aromatic heterocycles. The number of ether oxygens (including phenoxy) is 1. The summed E-state index contributed by atoms with van der Waals surface area (Å²) < 4.78 is 11.4. The van der Waals surface area contributed by atoms with Gasteiger partial charge in [0.2, 0.25) is 11.6 Å². The van der Waals surface area contributed by atoms with Crippen LogP contribution in [-0.4, -0.2) is 44.0 Å². The molecule has 13 heteroatoms. The second kappa shape index (κ2) is 10.4. The molecule has 34 heavy (non-hydrogen) atoms. The van der Waals surface area contributed by atoms with Crippen LogP contribution in [0.3, 0.4) is 0 Å². The summed E-state index contributed by atoms with van der Waals surface area (Å²) in [6, 6.07) is 14.7. The molecule has 4 aromatic rings. The number of anilines is 1. The molecule has 0 atom stereocenters. The molecule has 3 N–H and O–H groups in total. The number of nitrogens with two attached hydrogens (primary N) is 1. The fourth-order valence-electron chi connectivity index (χ4n) is 2.99. The Hall–Kier alpha value is -3.90. The first-order chi connectivity index (χ1) is 16.5. The van der Waals surface area contributed by atoms with Crippen molar-refractivity contribution in [3.05, 3.63) is 70.5 Å². The molecular weight excluding hydrogens is 480 g/mol. The van der Waals surface area contributed by atoms with Crippen molar-refractivity contribution in [3.8, 4) is 11.6 Å². The van der Waals surface area contributed by atoms with Crippen molar-refractivity contribution in [2.24, 2.45) is 5.10 Å². The first-order valence-electron chi connectivity index (χ1n) is 9.87. The molecule has 0 bridgehead atoms. The number of amides is 1. The molecule has 2 heterocycles. The van der Waals surface area contributed by atoms with Gasteiger partial charge in [0.25, 0.3) is 5.91 Å². The lowest BCUT2D eigenvalue weighted by Gasteiger charge is -2.08. The summed E-state index contributed by atoms with van der Waals surface area (Å²) in [5, 5.41) is 20.2. The van der Waals surface area contributed by atoms with Gasteiger partial charge >= 0.3 is 0 Å². The summed E-state index contributed by atoms with van der Waals surface area (Å²) in [6.07, 6.45) is 0. The number of nitrogens with one attached hydrogen (secondary N) is 1. The number of carbonyl (C=O) groups excluding carboxylic acids is 1. The van der Waals surface area contributed by atoms with E-state index < -0.39 is 5.91 Å². The molecule has 0 aliphatic carbocycles. The smallest absolute Gasteiger partial charge is 0.293 e. The van der Waals surface area contributed by atoms with Gasteiger partial charge in [-0.2, -0.15) is 9.78 Å². The van der Waals surface area contributed by atoms with Crippen molar-refractivity contribution in [2.75, 3.05) is 12.8 Å². The van der Waals surface area contributed by atoms with Crippen molar-refractivity contribution in [1.82, 2.24) is 30.7 Å². The zero-order valence-corrected chi connectivity index (χ0v) is 19.7. The highest BCUT2D eigenvalue weighted by Gasteiger charge is 2.24. The van der Waals surface area contributed by atoms with E-state index in [1.165, 1.54) is 16.4 Å². The van der Waals surface area contributed by atoms with Crippen LogP contribution in [-0.2, 0) is 5.75 Å². The van der Waals surface area contributed by atoms with Crippen LogP contribution in [0.1, 0.15) is 28.7 Å². The maximum Gasteiger partial charge on any atom is 0.293 e. The second-order valence-electron chi connectivity index (χ2n) is 6.85. The van der Waals surface area contributed by atoms with Gasteiger partial charge in [0.15, 0.2) is 5.69 Å². The second-order valence-corrected chi connectivity index (χ2v) is 8.34. The van der Waals surface area contributed by atoms with E-state index in [1.807, 2.05) is 36.4 Å². The van der Waals surface area contributed by atoms with Gasteiger partial charge in [-0.25, -0.2) is 10.1 Å². The maximum atomic E-state index is 13.0. The fourth-order valence-corrected chi connectivity index (χ4v) is 4.01. The third kappa shape index (κ3) is 5.02. The Balaban J connectivity index is 1.61. The van der Waals surface area contributed by atoms with Gasteiger partial charge in [0.1, 0.15) is 5.75 Å². The predicted octanol–water partition coefficient (Wildman–Crippen LogP) is 3.34. The molecular formula is C21H19ClN8O3S. The topological polar surface area (TPSA) is 146 Å². The quantitative estimate of drug-likeness (QED) is 0.212. The van der Waals surface area contributed by atoms with Crippen LogP contribution in [0.25, 0.3) is 5.82 Å². The molecule has 11 nitrogen and oxygen atoms in total. The maximum absolute atomic E-state index is 13.0. The van der Waals surface area contributed by atoms with Gasteiger partial charge in [-0.3, -0.25) is 4.79 Å². The highest BCUT2D eigenvalue weighted by Crippen LogP contribution is 2.27. The molecule has 0 spiro atoms. The number of thioether (sulfide) groups is 1. The molecule has 0 saturated heterocycles. The number of nitrogens with zero attached hydrogens (tertiary/aromatic N) is 6. The van der Waals surface area contributed by atoms with Gasteiger partial charge in [0.05, 0.1) is 18.5 Å². The summed E-state index contributed by atoms with van der Waals surface area (Å²) in [7, 11) is 1.57. The zero-order chi connectivity index (χ0) is 24.1. The van der Waals surface area contributed by atoms with Crippen LogP contribution in [0.15, 0.2) is 63.2 Å². The van der Waals surface area contributed by atoms with Crippen molar-refractivity contribution in [3.63, 3.8) is 0 Å². The van der Waals surface area contributed by atoms with E-state index in [4.69, 9.17) is 22.1 Å². The monoisotopic (exact) mass is 498 g/mol. The molecule has 1 amide bonds. The molecule has 2 aromatic carbocycles. The largest absolute Gasteiger partial charge is 0.496 e. The molecule has 0 radical (unpaired) electrons. The Morgan fingerprint density at radius 1 is 1.24 bits per heavy atom.